The van der Waals surface area contributed by atoms with Gasteiger partial charge < -0.3 is 10.8 Å². The second kappa shape index (κ2) is 3.12. The maximum atomic E-state index is 8.49. The Hall–Kier alpha value is -0.160. The summed E-state index contributed by atoms with van der Waals surface area (Å²) in [7, 11) is 0. The van der Waals surface area contributed by atoms with Crippen LogP contribution < -0.4 is 11.2 Å². The molecule has 1 atom stereocenters. The predicted molar refractivity (Wildman–Crippen MR) is 34.4 cm³/mol. The number of hydrazine groups is 1. The largest absolute Gasteiger partial charge is 0.395 e. The minimum absolute atomic E-state index is 0.0940. The molecule has 1 heterocycles. The average Bonchev–Trinajstić information content (AvgIpc) is 2.17. The molecule has 1 rings (SSSR count). The van der Waals surface area contributed by atoms with Gasteiger partial charge in [0, 0.05) is 13.1 Å². The van der Waals surface area contributed by atoms with E-state index in [1.165, 1.54) is 0 Å². The molecular formula is C5H13N3O. The van der Waals surface area contributed by atoms with Gasteiger partial charge in [-0.15, -0.1) is 0 Å². The van der Waals surface area contributed by atoms with E-state index in [1.54, 1.807) is 0 Å². The lowest BCUT2D eigenvalue weighted by Crippen LogP contribution is -2.41. The number of nitrogens with zero attached hydrogens (tertiary/aromatic N) is 1. The monoisotopic (exact) mass is 131 g/mol. The topological polar surface area (TPSA) is 61.5 Å². The zero-order valence-electron chi connectivity index (χ0n) is 5.38. The molecule has 0 spiro atoms. The SMILES string of the molecule is NC1CCN(CCO)N1. The number of aliphatic hydroxyl groups excluding tert-OH is 1. The van der Waals surface area contributed by atoms with Gasteiger partial charge in [-0.1, -0.05) is 0 Å². The van der Waals surface area contributed by atoms with Gasteiger partial charge in [-0.25, -0.2) is 10.4 Å². The second-order valence-corrected chi connectivity index (χ2v) is 2.23. The minimum Gasteiger partial charge on any atom is -0.395 e. The van der Waals surface area contributed by atoms with Crippen molar-refractivity contribution in [1.82, 2.24) is 10.4 Å². The van der Waals surface area contributed by atoms with E-state index in [2.05, 4.69) is 5.43 Å². The fourth-order valence-electron chi connectivity index (χ4n) is 0.956. The van der Waals surface area contributed by atoms with Crippen LogP contribution in [0.1, 0.15) is 6.42 Å². The van der Waals surface area contributed by atoms with Gasteiger partial charge >= 0.3 is 0 Å². The Morgan fingerprint density at radius 3 is 3.00 bits per heavy atom. The Morgan fingerprint density at radius 2 is 2.56 bits per heavy atom. The molecule has 1 fully saturated rings. The van der Waals surface area contributed by atoms with Crippen molar-refractivity contribution in [2.75, 3.05) is 19.7 Å². The quantitative estimate of drug-likeness (QED) is 0.425. The first-order valence-electron chi connectivity index (χ1n) is 3.20. The van der Waals surface area contributed by atoms with E-state index in [0.29, 0.717) is 6.54 Å². The molecular weight excluding hydrogens is 118 g/mol. The molecule has 0 aromatic carbocycles. The third kappa shape index (κ3) is 1.91. The summed E-state index contributed by atoms with van der Waals surface area (Å²) in [6, 6.07) is 0. The standard InChI is InChI=1S/C5H13N3O/c6-5-1-2-8(7-5)3-4-9/h5,7,9H,1-4,6H2. The smallest absolute Gasteiger partial charge is 0.0694 e. The van der Waals surface area contributed by atoms with Gasteiger partial charge in [0.15, 0.2) is 0 Å². The number of nitrogens with one attached hydrogen (secondary N) is 1. The summed E-state index contributed by atoms with van der Waals surface area (Å²) in [6.45, 7) is 1.81. The van der Waals surface area contributed by atoms with Crippen LogP contribution in [-0.4, -0.2) is 36.0 Å². The van der Waals surface area contributed by atoms with Gasteiger partial charge in [-0.05, 0) is 6.42 Å². The maximum Gasteiger partial charge on any atom is 0.0694 e. The lowest BCUT2D eigenvalue weighted by Gasteiger charge is -2.13. The molecule has 0 aromatic heterocycles. The Morgan fingerprint density at radius 1 is 1.78 bits per heavy atom. The molecule has 4 heteroatoms. The van der Waals surface area contributed by atoms with Crippen LogP contribution in [0.2, 0.25) is 0 Å². The Balaban J connectivity index is 2.14. The van der Waals surface area contributed by atoms with Crippen molar-refractivity contribution in [1.29, 1.82) is 0 Å². The molecule has 4 nitrogen and oxygen atoms in total. The van der Waals surface area contributed by atoms with Crippen LogP contribution in [0.4, 0.5) is 0 Å². The van der Waals surface area contributed by atoms with E-state index >= 15 is 0 Å². The molecule has 0 amide bonds. The summed E-state index contributed by atoms with van der Waals surface area (Å²) in [6.07, 6.45) is 1.07. The average molecular weight is 131 g/mol. The normalized spacial score (nSPS) is 29.3. The number of hydrogen-bond donors (Lipinski definition) is 3. The Kier molecular flexibility index (Phi) is 2.41. The van der Waals surface area contributed by atoms with Crippen molar-refractivity contribution in [3.8, 4) is 0 Å². The molecule has 0 aliphatic carbocycles. The van der Waals surface area contributed by atoms with Crippen molar-refractivity contribution in [2.24, 2.45) is 5.73 Å². The predicted octanol–water partition coefficient (Wildman–Crippen LogP) is -1.53. The second-order valence-electron chi connectivity index (χ2n) is 2.23. The Bertz CT molecular complexity index is 86.3. The first kappa shape index (κ1) is 6.95. The summed E-state index contributed by atoms with van der Waals surface area (Å²) in [5, 5.41) is 10.4. The molecule has 0 radical (unpaired) electrons. The van der Waals surface area contributed by atoms with E-state index < -0.39 is 0 Å². The molecule has 54 valence electrons. The summed E-state index contributed by atoms with van der Waals surface area (Å²) in [4.78, 5) is 0. The highest BCUT2D eigenvalue weighted by Gasteiger charge is 2.16. The van der Waals surface area contributed by atoms with Crippen LogP contribution in [-0.2, 0) is 0 Å². The third-order valence-corrected chi connectivity index (χ3v) is 1.43. The van der Waals surface area contributed by atoms with Crippen molar-refractivity contribution >= 4 is 0 Å². The first-order chi connectivity index (χ1) is 4.33. The zero-order chi connectivity index (χ0) is 6.69. The van der Waals surface area contributed by atoms with E-state index in [4.69, 9.17) is 10.8 Å². The van der Waals surface area contributed by atoms with Crippen LogP contribution in [0.3, 0.4) is 0 Å². The molecule has 9 heavy (non-hydrogen) atoms. The van der Waals surface area contributed by atoms with Crippen LogP contribution >= 0.6 is 0 Å². The molecule has 4 N–H and O–H groups in total. The molecule has 1 aliphatic rings. The van der Waals surface area contributed by atoms with E-state index in [9.17, 15) is 0 Å². The number of nitrogens with two attached hydrogens (primary N) is 1. The van der Waals surface area contributed by atoms with Crippen LogP contribution in [0.15, 0.2) is 0 Å². The van der Waals surface area contributed by atoms with Gasteiger partial charge in [0.1, 0.15) is 0 Å². The highest BCUT2D eigenvalue weighted by atomic mass is 16.3. The van der Waals surface area contributed by atoms with E-state index in [0.717, 1.165) is 13.0 Å². The van der Waals surface area contributed by atoms with E-state index in [1.807, 2.05) is 5.01 Å². The molecule has 0 aromatic rings. The van der Waals surface area contributed by atoms with Gasteiger partial charge in [0.2, 0.25) is 0 Å². The lowest BCUT2D eigenvalue weighted by atomic mass is 10.4. The van der Waals surface area contributed by atoms with Crippen LogP contribution in [0.25, 0.3) is 0 Å². The van der Waals surface area contributed by atoms with Crippen molar-refractivity contribution in [3.63, 3.8) is 0 Å². The summed E-state index contributed by atoms with van der Waals surface area (Å²) in [5.74, 6) is 0. The number of β-amino-alcohol motifs (C(OH)–C–C–N with tert-alkyl or cyclic N) is 1. The third-order valence-electron chi connectivity index (χ3n) is 1.43. The van der Waals surface area contributed by atoms with Crippen molar-refractivity contribution in [3.05, 3.63) is 0 Å². The number of hydrogen-bond acceptors (Lipinski definition) is 4. The van der Waals surface area contributed by atoms with Gasteiger partial charge in [0.25, 0.3) is 0 Å². The van der Waals surface area contributed by atoms with Crippen LogP contribution in [0, 0.1) is 0 Å². The summed E-state index contributed by atoms with van der Waals surface area (Å²) < 4.78 is 0. The molecule has 0 bridgehead atoms. The molecule has 1 unspecified atom stereocenters. The number of rotatable bonds is 2. The fraction of sp³-hybridized carbons (Fsp3) is 1.00. The Labute approximate surface area is 54.6 Å². The summed E-state index contributed by atoms with van der Waals surface area (Å²) >= 11 is 0. The highest BCUT2D eigenvalue weighted by Crippen LogP contribution is 1.98. The van der Waals surface area contributed by atoms with Crippen molar-refractivity contribution < 1.29 is 5.11 Å². The van der Waals surface area contributed by atoms with Gasteiger partial charge in [0.05, 0.1) is 12.8 Å². The van der Waals surface area contributed by atoms with Gasteiger partial charge in [-0.3, -0.25) is 0 Å². The molecule has 0 saturated carbocycles. The van der Waals surface area contributed by atoms with Crippen LogP contribution in [0.5, 0.6) is 0 Å². The van der Waals surface area contributed by atoms with E-state index in [-0.39, 0.29) is 12.8 Å². The summed E-state index contributed by atoms with van der Waals surface area (Å²) in [5.41, 5.74) is 8.53. The highest BCUT2D eigenvalue weighted by molar-refractivity contribution is 4.68. The van der Waals surface area contributed by atoms with Crippen molar-refractivity contribution in [2.45, 2.75) is 12.6 Å². The fourth-order valence-corrected chi connectivity index (χ4v) is 0.956. The zero-order valence-corrected chi connectivity index (χ0v) is 5.38. The first-order valence-corrected chi connectivity index (χ1v) is 3.20. The molecule has 1 saturated heterocycles. The number of aliphatic hydroxyl groups is 1. The maximum absolute atomic E-state index is 8.49. The van der Waals surface area contributed by atoms with Gasteiger partial charge in [-0.2, -0.15) is 0 Å². The lowest BCUT2D eigenvalue weighted by molar-refractivity contribution is 0.174. The minimum atomic E-state index is 0.0940. The molecule has 1 aliphatic heterocycles.